The lowest BCUT2D eigenvalue weighted by Crippen LogP contribution is -2.34. The molecule has 124 valence electrons. The maximum atomic E-state index is 12.9. The Morgan fingerprint density at radius 3 is 2.08 bits per heavy atom. The second-order valence-electron chi connectivity index (χ2n) is 7.28. The van der Waals surface area contributed by atoms with Gasteiger partial charge >= 0.3 is 6.18 Å². The van der Waals surface area contributed by atoms with Gasteiger partial charge in [0.2, 0.25) is 11.8 Å². The number of imide groups is 1. The number of rotatable bonds is 1. The van der Waals surface area contributed by atoms with Gasteiger partial charge in [-0.15, -0.1) is 0 Å². The van der Waals surface area contributed by atoms with E-state index in [4.69, 9.17) is 0 Å². The number of alkyl halides is 3. The van der Waals surface area contributed by atoms with Gasteiger partial charge in [-0.2, -0.15) is 13.2 Å². The van der Waals surface area contributed by atoms with Crippen molar-refractivity contribution in [1.82, 2.24) is 0 Å². The van der Waals surface area contributed by atoms with E-state index in [2.05, 4.69) is 0 Å². The lowest BCUT2D eigenvalue weighted by molar-refractivity contribution is -0.137. The van der Waals surface area contributed by atoms with Crippen LogP contribution in [0.15, 0.2) is 36.4 Å². The lowest BCUT2D eigenvalue weighted by Gasteiger charge is -2.22. The average molecular weight is 333 g/mol. The summed E-state index contributed by atoms with van der Waals surface area (Å²) in [5.74, 6) is -1.34. The van der Waals surface area contributed by atoms with E-state index in [0.29, 0.717) is 0 Å². The number of carbonyl (C=O) groups is 2. The predicted molar refractivity (Wildman–Crippen MR) is 78.7 cm³/mol. The minimum Gasteiger partial charge on any atom is -0.274 e. The van der Waals surface area contributed by atoms with Crippen molar-refractivity contribution in [3.05, 3.63) is 42.0 Å². The number of fused-ring (bicyclic) bond motifs is 3. The van der Waals surface area contributed by atoms with Crippen molar-refractivity contribution >= 4 is 17.5 Å². The standard InChI is InChI=1S/C18H14F3NO2/c19-18(20,21)9-2-1-3-10(8-9)22-15(23)13-11-4-5-12(14(13)16(22)24)17(11)6-7-17/h1-5,8,11-14H,6-7H2/t11-,12+,13-,14-/m0/s1. The molecule has 0 radical (unpaired) electrons. The summed E-state index contributed by atoms with van der Waals surface area (Å²) in [6, 6.07) is 4.47. The maximum Gasteiger partial charge on any atom is 0.416 e. The molecule has 3 nitrogen and oxygen atoms in total. The summed E-state index contributed by atoms with van der Waals surface area (Å²) in [5.41, 5.74) is -0.739. The summed E-state index contributed by atoms with van der Waals surface area (Å²) < 4.78 is 38.8. The molecule has 1 aromatic rings. The van der Waals surface area contributed by atoms with Gasteiger partial charge in [0.15, 0.2) is 0 Å². The van der Waals surface area contributed by atoms with Crippen LogP contribution in [0.3, 0.4) is 0 Å². The van der Waals surface area contributed by atoms with Gasteiger partial charge in [-0.3, -0.25) is 14.5 Å². The number of amides is 2. The third kappa shape index (κ3) is 1.54. The van der Waals surface area contributed by atoms with Crippen LogP contribution in [0.1, 0.15) is 18.4 Å². The molecule has 4 atom stereocenters. The molecule has 2 saturated carbocycles. The van der Waals surface area contributed by atoms with Crippen LogP contribution in [-0.4, -0.2) is 11.8 Å². The molecule has 24 heavy (non-hydrogen) atoms. The number of hydrogen-bond acceptors (Lipinski definition) is 2. The normalized spacial score (nSPS) is 35.2. The third-order valence-corrected chi connectivity index (χ3v) is 6.28. The lowest BCUT2D eigenvalue weighted by atomic mass is 9.85. The zero-order valence-electron chi connectivity index (χ0n) is 12.6. The molecule has 6 heteroatoms. The average Bonchev–Trinajstić information content (AvgIpc) is 3.12. The summed E-state index contributed by atoms with van der Waals surface area (Å²) in [5, 5.41) is 0. The fourth-order valence-corrected chi connectivity index (χ4v) is 5.15. The molecule has 0 N–H and O–H groups in total. The van der Waals surface area contributed by atoms with E-state index in [1.54, 1.807) is 0 Å². The van der Waals surface area contributed by atoms with Crippen LogP contribution in [0.2, 0.25) is 0 Å². The first-order valence-electron chi connectivity index (χ1n) is 8.08. The molecule has 2 bridgehead atoms. The molecule has 2 amide bonds. The van der Waals surface area contributed by atoms with Crippen molar-refractivity contribution in [1.29, 1.82) is 0 Å². The van der Waals surface area contributed by atoms with Gasteiger partial charge < -0.3 is 0 Å². The number of hydrogen-bond donors (Lipinski definition) is 0. The topological polar surface area (TPSA) is 37.4 Å². The molecule has 1 heterocycles. The van der Waals surface area contributed by atoms with Crippen molar-refractivity contribution in [2.24, 2.45) is 29.1 Å². The fraction of sp³-hybridized carbons (Fsp3) is 0.444. The van der Waals surface area contributed by atoms with E-state index in [1.807, 2.05) is 12.2 Å². The highest BCUT2D eigenvalue weighted by atomic mass is 19.4. The van der Waals surface area contributed by atoms with Crippen LogP contribution < -0.4 is 4.90 Å². The van der Waals surface area contributed by atoms with Crippen LogP contribution in [0.5, 0.6) is 0 Å². The Balaban J connectivity index is 1.54. The van der Waals surface area contributed by atoms with Gasteiger partial charge in [0.25, 0.3) is 0 Å². The zero-order chi connectivity index (χ0) is 16.9. The summed E-state index contributed by atoms with van der Waals surface area (Å²) in [4.78, 5) is 26.7. The molecule has 0 aromatic heterocycles. The van der Waals surface area contributed by atoms with E-state index < -0.39 is 23.6 Å². The van der Waals surface area contributed by atoms with Crippen LogP contribution in [-0.2, 0) is 15.8 Å². The molecular formula is C18H14F3NO2. The molecule has 1 saturated heterocycles. The van der Waals surface area contributed by atoms with E-state index in [9.17, 15) is 22.8 Å². The first-order chi connectivity index (χ1) is 11.3. The van der Waals surface area contributed by atoms with E-state index >= 15 is 0 Å². The van der Waals surface area contributed by atoms with Gasteiger partial charge in [0, 0.05) is 0 Å². The molecule has 3 fully saturated rings. The third-order valence-electron chi connectivity index (χ3n) is 6.28. The number of allylic oxidation sites excluding steroid dienone is 2. The highest BCUT2D eigenvalue weighted by Gasteiger charge is 2.73. The summed E-state index contributed by atoms with van der Waals surface area (Å²) in [6.07, 6.45) is 1.65. The molecule has 3 aliphatic carbocycles. The smallest absolute Gasteiger partial charge is 0.274 e. The second-order valence-corrected chi connectivity index (χ2v) is 7.28. The quantitative estimate of drug-likeness (QED) is 0.583. The van der Waals surface area contributed by atoms with Crippen LogP contribution in [0, 0.1) is 29.1 Å². The van der Waals surface area contributed by atoms with E-state index in [-0.39, 0.29) is 34.8 Å². The van der Waals surface area contributed by atoms with Gasteiger partial charge in [0.1, 0.15) is 0 Å². The molecule has 0 unspecified atom stereocenters. The van der Waals surface area contributed by atoms with Crippen molar-refractivity contribution in [2.45, 2.75) is 19.0 Å². The number of carbonyl (C=O) groups excluding carboxylic acids is 2. The summed E-state index contributed by atoms with van der Waals surface area (Å²) in [7, 11) is 0. The molecule has 1 aliphatic heterocycles. The molecule has 1 aromatic carbocycles. The number of nitrogens with zero attached hydrogens (tertiary/aromatic N) is 1. The van der Waals surface area contributed by atoms with Crippen LogP contribution in [0.25, 0.3) is 0 Å². The minimum absolute atomic E-state index is 0.0264. The highest BCUT2D eigenvalue weighted by Crippen LogP contribution is 2.73. The van der Waals surface area contributed by atoms with Gasteiger partial charge in [-0.25, -0.2) is 0 Å². The minimum atomic E-state index is -4.50. The summed E-state index contributed by atoms with van der Waals surface area (Å²) >= 11 is 0. The Morgan fingerprint density at radius 2 is 1.58 bits per heavy atom. The van der Waals surface area contributed by atoms with Gasteiger partial charge in [0.05, 0.1) is 23.1 Å². The Bertz CT molecular complexity index is 775. The largest absolute Gasteiger partial charge is 0.416 e. The predicted octanol–water partition coefficient (Wildman–Crippen LogP) is 3.41. The van der Waals surface area contributed by atoms with Crippen molar-refractivity contribution in [3.63, 3.8) is 0 Å². The van der Waals surface area contributed by atoms with Crippen molar-refractivity contribution < 1.29 is 22.8 Å². The second kappa shape index (κ2) is 4.10. The van der Waals surface area contributed by atoms with Gasteiger partial charge in [-0.05, 0) is 48.3 Å². The van der Waals surface area contributed by atoms with Crippen molar-refractivity contribution in [2.75, 3.05) is 4.90 Å². The monoisotopic (exact) mass is 333 g/mol. The van der Waals surface area contributed by atoms with Crippen molar-refractivity contribution in [3.8, 4) is 0 Å². The fourth-order valence-electron chi connectivity index (χ4n) is 5.15. The Kier molecular flexibility index (Phi) is 2.44. The van der Waals surface area contributed by atoms with Crippen LogP contribution in [0.4, 0.5) is 18.9 Å². The summed E-state index contributed by atoms with van der Waals surface area (Å²) in [6.45, 7) is 0. The molecule has 1 spiro atoms. The van der Waals surface area contributed by atoms with Crippen LogP contribution >= 0.6 is 0 Å². The molecular weight excluding hydrogens is 319 g/mol. The number of benzene rings is 1. The highest BCUT2D eigenvalue weighted by molar-refractivity contribution is 6.23. The number of anilines is 1. The Morgan fingerprint density at radius 1 is 1.00 bits per heavy atom. The van der Waals surface area contributed by atoms with E-state index in [0.717, 1.165) is 29.9 Å². The molecule has 4 aliphatic rings. The first-order valence-corrected chi connectivity index (χ1v) is 8.08. The Labute approximate surface area is 136 Å². The van der Waals surface area contributed by atoms with E-state index in [1.165, 1.54) is 12.1 Å². The SMILES string of the molecule is O=C1[C@@H]2[C@@H](C(=O)N1c1cccc(C(F)(F)F)c1)[C@@H]1C=C[C@H]2C12CC2. The number of halogens is 3. The molecule has 5 rings (SSSR count). The maximum absolute atomic E-state index is 12.9. The zero-order valence-corrected chi connectivity index (χ0v) is 12.6. The van der Waals surface area contributed by atoms with Gasteiger partial charge in [-0.1, -0.05) is 18.2 Å². The first kappa shape index (κ1) is 14.3. The Hall–Kier alpha value is -2.11.